The summed E-state index contributed by atoms with van der Waals surface area (Å²) in [6.07, 6.45) is 7.61. The lowest BCUT2D eigenvalue weighted by Crippen LogP contribution is -2.33. The molecule has 4 aromatic rings. The maximum atomic E-state index is 13.2. The van der Waals surface area contributed by atoms with Crippen molar-refractivity contribution in [3.05, 3.63) is 77.3 Å². The largest absolute Gasteiger partial charge is 0.337 e. The van der Waals surface area contributed by atoms with E-state index in [0.29, 0.717) is 18.0 Å². The zero-order valence-corrected chi connectivity index (χ0v) is 18.4. The molecule has 0 aliphatic carbocycles. The molecular weight excluding hydrogens is 416 g/mol. The van der Waals surface area contributed by atoms with E-state index >= 15 is 0 Å². The van der Waals surface area contributed by atoms with Crippen LogP contribution in [0.4, 0.5) is 5.13 Å². The number of anilines is 1. The second-order valence-corrected chi connectivity index (χ2v) is 8.60. The van der Waals surface area contributed by atoms with Gasteiger partial charge in [0, 0.05) is 30.5 Å². The third kappa shape index (κ3) is 4.89. The zero-order valence-electron chi connectivity index (χ0n) is 16.8. The van der Waals surface area contributed by atoms with Gasteiger partial charge in [-0.2, -0.15) is 0 Å². The van der Waals surface area contributed by atoms with Crippen LogP contribution in [0.25, 0.3) is 10.2 Å². The van der Waals surface area contributed by atoms with Gasteiger partial charge in [-0.1, -0.05) is 48.1 Å². The average Bonchev–Trinajstić information content (AvgIpc) is 3.41. The predicted molar refractivity (Wildman–Crippen MR) is 123 cm³/mol. The van der Waals surface area contributed by atoms with Gasteiger partial charge in [-0.3, -0.25) is 9.69 Å². The summed E-state index contributed by atoms with van der Waals surface area (Å²) in [6, 6.07) is 13.7. The van der Waals surface area contributed by atoms with Crippen LogP contribution in [0, 0.1) is 0 Å². The molecule has 7 heteroatoms. The molecule has 2 heterocycles. The summed E-state index contributed by atoms with van der Waals surface area (Å²) in [4.78, 5) is 23.9. The Morgan fingerprint density at radius 2 is 1.97 bits per heavy atom. The van der Waals surface area contributed by atoms with Crippen LogP contribution in [0.5, 0.6) is 0 Å². The Hall–Kier alpha value is -2.70. The van der Waals surface area contributed by atoms with E-state index in [1.165, 1.54) is 5.56 Å². The van der Waals surface area contributed by atoms with Gasteiger partial charge >= 0.3 is 0 Å². The highest BCUT2D eigenvalue weighted by Gasteiger charge is 2.20. The molecule has 0 saturated carbocycles. The molecule has 0 bridgehead atoms. The fourth-order valence-corrected chi connectivity index (χ4v) is 4.52. The minimum atomic E-state index is 0.0396. The van der Waals surface area contributed by atoms with Crippen LogP contribution in [0.1, 0.15) is 24.5 Å². The molecule has 30 heavy (non-hydrogen) atoms. The fraction of sp³-hybridized carbons (Fsp3) is 0.261. The van der Waals surface area contributed by atoms with Crippen molar-refractivity contribution < 1.29 is 4.79 Å². The Morgan fingerprint density at radius 1 is 1.17 bits per heavy atom. The maximum absolute atomic E-state index is 13.2. The first-order valence-electron chi connectivity index (χ1n) is 10.0. The molecule has 154 valence electrons. The van der Waals surface area contributed by atoms with Gasteiger partial charge in [-0.05, 0) is 48.2 Å². The Labute approximate surface area is 185 Å². The van der Waals surface area contributed by atoms with E-state index in [0.717, 1.165) is 40.3 Å². The number of fused-ring (bicyclic) bond motifs is 1. The summed E-state index contributed by atoms with van der Waals surface area (Å²) < 4.78 is 3.14. The lowest BCUT2D eigenvalue weighted by atomic mass is 10.1. The number of aryl methyl sites for hydroxylation is 2. The SMILES string of the molecule is CCc1ccc2nc(N(CCCn3ccnc3)C(=O)Cc3ccc(Cl)cc3)sc2c1. The van der Waals surface area contributed by atoms with Gasteiger partial charge in [-0.25, -0.2) is 9.97 Å². The van der Waals surface area contributed by atoms with Gasteiger partial charge in [0.1, 0.15) is 0 Å². The van der Waals surface area contributed by atoms with Crippen molar-refractivity contribution in [2.45, 2.75) is 32.7 Å². The van der Waals surface area contributed by atoms with E-state index in [2.05, 4.69) is 24.0 Å². The summed E-state index contributed by atoms with van der Waals surface area (Å²) in [5.74, 6) is 0.0396. The van der Waals surface area contributed by atoms with Crippen molar-refractivity contribution in [3.8, 4) is 0 Å². The van der Waals surface area contributed by atoms with E-state index in [1.54, 1.807) is 23.9 Å². The quantitative estimate of drug-likeness (QED) is 0.371. The molecule has 5 nitrogen and oxygen atoms in total. The van der Waals surface area contributed by atoms with Crippen molar-refractivity contribution in [3.63, 3.8) is 0 Å². The predicted octanol–water partition coefficient (Wildman–Crippen LogP) is 5.37. The molecule has 0 unspecified atom stereocenters. The van der Waals surface area contributed by atoms with Crippen molar-refractivity contribution in [2.75, 3.05) is 11.4 Å². The first-order chi connectivity index (χ1) is 14.6. The minimum Gasteiger partial charge on any atom is -0.337 e. The van der Waals surface area contributed by atoms with Gasteiger partial charge < -0.3 is 4.57 Å². The topological polar surface area (TPSA) is 51.0 Å². The number of aromatic nitrogens is 3. The molecule has 2 aromatic heterocycles. The van der Waals surface area contributed by atoms with E-state index in [1.807, 2.05) is 46.0 Å². The summed E-state index contributed by atoms with van der Waals surface area (Å²) in [7, 11) is 0. The summed E-state index contributed by atoms with van der Waals surface area (Å²) in [5.41, 5.74) is 3.15. The van der Waals surface area contributed by atoms with E-state index in [4.69, 9.17) is 16.6 Å². The Bertz CT molecular complexity index is 1120. The smallest absolute Gasteiger partial charge is 0.233 e. The van der Waals surface area contributed by atoms with Crippen LogP contribution in [0.2, 0.25) is 5.02 Å². The lowest BCUT2D eigenvalue weighted by molar-refractivity contribution is -0.118. The van der Waals surface area contributed by atoms with E-state index < -0.39 is 0 Å². The van der Waals surface area contributed by atoms with Crippen LogP contribution in [-0.4, -0.2) is 27.0 Å². The first-order valence-corrected chi connectivity index (χ1v) is 11.2. The van der Waals surface area contributed by atoms with E-state index in [9.17, 15) is 4.79 Å². The summed E-state index contributed by atoms with van der Waals surface area (Å²) in [5, 5.41) is 1.42. The van der Waals surface area contributed by atoms with Gasteiger partial charge in [0.2, 0.25) is 5.91 Å². The minimum absolute atomic E-state index is 0.0396. The monoisotopic (exact) mass is 438 g/mol. The lowest BCUT2D eigenvalue weighted by Gasteiger charge is -2.20. The number of carbonyl (C=O) groups excluding carboxylic acids is 1. The average molecular weight is 439 g/mol. The highest BCUT2D eigenvalue weighted by atomic mass is 35.5. The van der Waals surface area contributed by atoms with Gasteiger partial charge in [-0.15, -0.1) is 0 Å². The molecule has 1 amide bonds. The standard InChI is InChI=1S/C23H23ClN4OS/c1-2-17-6-9-20-21(14-17)30-23(26-20)28(12-3-11-27-13-10-25-16-27)22(29)15-18-4-7-19(24)8-5-18/h4-10,13-14,16H,2-3,11-12,15H2,1H3. The van der Waals surface area contributed by atoms with Crippen LogP contribution >= 0.6 is 22.9 Å². The molecule has 0 atom stereocenters. The molecule has 2 aromatic carbocycles. The zero-order chi connectivity index (χ0) is 20.9. The van der Waals surface area contributed by atoms with Crippen molar-refractivity contribution in [1.82, 2.24) is 14.5 Å². The Kier molecular flexibility index (Phi) is 6.45. The number of nitrogens with zero attached hydrogens (tertiary/aromatic N) is 4. The van der Waals surface area contributed by atoms with Crippen LogP contribution in [-0.2, 0) is 24.2 Å². The molecule has 0 fully saturated rings. The Balaban J connectivity index is 1.56. The molecule has 0 spiro atoms. The van der Waals surface area contributed by atoms with Crippen LogP contribution in [0.15, 0.2) is 61.2 Å². The number of imidazole rings is 1. The van der Waals surface area contributed by atoms with Crippen LogP contribution in [0.3, 0.4) is 0 Å². The van der Waals surface area contributed by atoms with Crippen molar-refractivity contribution in [1.29, 1.82) is 0 Å². The van der Waals surface area contributed by atoms with Crippen molar-refractivity contribution >= 4 is 44.2 Å². The maximum Gasteiger partial charge on any atom is 0.233 e. The molecule has 0 aliphatic heterocycles. The molecule has 0 N–H and O–H groups in total. The highest BCUT2D eigenvalue weighted by Crippen LogP contribution is 2.30. The number of hydrogen-bond acceptors (Lipinski definition) is 4. The normalized spacial score (nSPS) is 11.1. The summed E-state index contributed by atoms with van der Waals surface area (Å²) >= 11 is 7.56. The van der Waals surface area contributed by atoms with Gasteiger partial charge in [0.05, 0.1) is 23.0 Å². The number of carbonyl (C=O) groups is 1. The number of amides is 1. The number of rotatable bonds is 8. The molecular formula is C23H23ClN4OS. The molecule has 0 radical (unpaired) electrons. The number of thiazole rings is 1. The Morgan fingerprint density at radius 3 is 2.70 bits per heavy atom. The fourth-order valence-electron chi connectivity index (χ4n) is 3.32. The van der Waals surface area contributed by atoms with Crippen molar-refractivity contribution in [2.24, 2.45) is 0 Å². The molecule has 4 rings (SSSR count). The molecule has 0 aliphatic rings. The highest BCUT2D eigenvalue weighted by molar-refractivity contribution is 7.22. The van der Waals surface area contributed by atoms with Gasteiger partial charge in [0.15, 0.2) is 5.13 Å². The molecule has 0 saturated heterocycles. The van der Waals surface area contributed by atoms with Gasteiger partial charge in [0.25, 0.3) is 0 Å². The second kappa shape index (κ2) is 9.41. The van der Waals surface area contributed by atoms with E-state index in [-0.39, 0.29) is 5.91 Å². The number of hydrogen-bond donors (Lipinski definition) is 0. The third-order valence-electron chi connectivity index (χ3n) is 5.01. The third-order valence-corrected chi connectivity index (χ3v) is 6.30. The second-order valence-electron chi connectivity index (χ2n) is 7.15. The first kappa shape index (κ1) is 20.6. The number of benzene rings is 2. The number of halogens is 1. The summed E-state index contributed by atoms with van der Waals surface area (Å²) in [6.45, 7) is 3.54. The van der Waals surface area contributed by atoms with Crippen LogP contribution < -0.4 is 4.90 Å².